The number of nitro groups is 2. The number of hydrogen-bond acceptors (Lipinski definition) is 11. The fourth-order valence-electron chi connectivity index (χ4n) is 3.77. The number of nitrogens with zero attached hydrogens (tertiary/aromatic N) is 4. The maximum Gasteiger partial charge on any atom is 0.318 e. The number of carbonyl (C=O) groups excluding carboxylic acids is 3. The molecule has 0 aliphatic carbocycles. The lowest BCUT2D eigenvalue weighted by molar-refractivity contribution is -0.394. The summed E-state index contributed by atoms with van der Waals surface area (Å²) in [7, 11) is 0. The van der Waals surface area contributed by atoms with E-state index in [0.717, 1.165) is 23.1 Å². The lowest BCUT2D eigenvalue weighted by Crippen LogP contribution is -2.46. The SMILES string of the molecule is CCOc1cc(/C=C2/SC(=O)N(CC(=O)N3CCOCC3)C2=O)ccc1Oc1ccc([N+](=O)[O-])cc1[N+](=O)[O-]. The minimum atomic E-state index is -0.795. The van der Waals surface area contributed by atoms with Gasteiger partial charge in [0.25, 0.3) is 16.8 Å². The van der Waals surface area contributed by atoms with E-state index in [2.05, 4.69) is 0 Å². The number of nitro benzene ring substituents is 2. The second kappa shape index (κ2) is 11.9. The maximum atomic E-state index is 12.9. The Balaban J connectivity index is 1.55. The molecule has 2 aliphatic heterocycles. The zero-order chi connectivity index (χ0) is 28.1. The van der Waals surface area contributed by atoms with Crippen molar-refractivity contribution in [2.75, 3.05) is 39.5 Å². The van der Waals surface area contributed by atoms with Crippen molar-refractivity contribution in [3.8, 4) is 17.2 Å². The molecule has 0 unspecified atom stereocenters. The number of non-ortho nitro benzene ring substituents is 1. The Morgan fingerprint density at radius 2 is 1.77 bits per heavy atom. The second-order valence-corrected chi connectivity index (χ2v) is 9.16. The molecule has 2 heterocycles. The molecule has 0 saturated carbocycles. The molecule has 0 radical (unpaired) electrons. The molecule has 0 atom stereocenters. The van der Waals surface area contributed by atoms with Gasteiger partial charge in [-0.2, -0.15) is 0 Å². The predicted molar refractivity (Wildman–Crippen MR) is 138 cm³/mol. The summed E-state index contributed by atoms with van der Waals surface area (Å²) >= 11 is 0.701. The van der Waals surface area contributed by atoms with Gasteiger partial charge in [-0.05, 0) is 48.5 Å². The molecule has 15 heteroatoms. The molecule has 3 amide bonds. The highest BCUT2D eigenvalue weighted by molar-refractivity contribution is 8.18. The van der Waals surface area contributed by atoms with E-state index in [1.165, 1.54) is 18.2 Å². The van der Waals surface area contributed by atoms with Crippen molar-refractivity contribution in [3.63, 3.8) is 0 Å². The molecule has 0 N–H and O–H groups in total. The van der Waals surface area contributed by atoms with E-state index < -0.39 is 32.4 Å². The second-order valence-electron chi connectivity index (χ2n) is 8.17. The van der Waals surface area contributed by atoms with Crippen LogP contribution in [-0.2, 0) is 14.3 Å². The zero-order valence-corrected chi connectivity index (χ0v) is 21.4. The summed E-state index contributed by atoms with van der Waals surface area (Å²) in [5.74, 6) is -0.908. The number of amides is 3. The summed E-state index contributed by atoms with van der Waals surface area (Å²) in [4.78, 5) is 61.3. The molecular weight excluding hydrogens is 536 g/mol. The average molecular weight is 559 g/mol. The van der Waals surface area contributed by atoms with E-state index in [-0.39, 0.29) is 41.2 Å². The van der Waals surface area contributed by atoms with Crippen LogP contribution in [0.2, 0.25) is 0 Å². The predicted octanol–water partition coefficient (Wildman–Crippen LogP) is 3.59. The van der Waals surface area contributed by atoms with Crippen molar-refractivity contribution in [3.05, 3.63) is 67.1 Å². The molecule has 39 heavy (non-hydrogen) atoms. The molecule has 2 aliphatic rings. The van der Waals surface area contributed by atoms with Crippen LogP contribution in [0, 0.1) is 20.2 Å². The van der Waals surface area contributed by atoms with Gasteiger partial charge in [-0.1, -0.05) is 6.07 Å². The van der Waals surface area contributed by atoms with Crippen LogP contribution in [0.4, 0.5) is 16.2 Å². The summed E-state index contributed by atoms with van der Waals surface area (Å²) in [6, 6.07) is 7.51. The Hall–Kier alpha value is -4.50. The van der Waals surface area contributed by atoms with Gasteiger partial charge in [-0.15, -0.1) is 0 Å². The first-order chi connectivity index (χ1) is 18.7. The molecule has 2 aromatic rings. The van der Waals surface area contributed by atoms with E-state index in [4.69, 9.17) is 14.2 Å². The highest BCUT2D eigenvalue weighted by Crippen LogP contribution is 2.39. The topological polar surface area (TPSA) is 172 Å². The highest BCUT2D eigenvalue weighted by Gasteiger charge is 2.37. The molecule has 2 aromatic carbocycles. The Morgan fingerprint density at radius 1 is 1.05 bits per heavy atom. The van der Waals surface area contributed by atoms with Crippen molar-refractivity contribution in [1.29, 1.82) is 0 Å². The molecule has 0 bridgehead atoms. The Bertz CT molecular complexity index is 1370. The van der Waals surface area contributed by atoms with Gasteiger partial charge in [0.1, 0.15) is 6.54 Å². The number of imide groups is 1. The number of morpholine rings is 1. The van der Waals surface area contributed by atoms with Gasteiger partial charge in [-0.25, -0.2) is 0 Å². The first-order valence-electron chi connectivity index (χ1n) is 11.7. The summed E-state index contributed by atoms with van der Waals surface area (Å²) in [6.07, 6.45) is 1.46. The molecule has 4 rings (SSSR count). The van der Waals surface area contributed by atoms with E-state index in [9.17, 15) is 34.6 Å². The summed E-state index contributed by atoms with van der Waals surface area (Å²) < 4.78 is 16.5. The number of hydrogen-bond donors (Lipinski definition) is 0. The van der Waals surface area contributed by atoms with E-state index in [1.807, 2.05) is 0 Å². The van der Waals surface area contributed by atoms with Gasteiger partial charge in [0, 0.05) is 19.2 Å². The van der Waals surface area contributed by atoms with Gasteiger partial charge < -0.3 is 19.1 Å². The first-order valence-corrected chi connectivity index (χ1v) is 12.5. The Morgan fingerprint density at radius 3 is 2.44 bits per heavy atom. The Kier molecular flexibility index (Phi) is 8.41. The van der Waals surface area contributed by atoms with Crippen molar-refractivity contribution < 1.29 is 38.4 Å². The van der Waals surface area contributed by atoms with Gasteiger partial charge in [-0.3, -0.25) is 39.5 Å². The zero-order valence-electron chi connectivity index (χ0n) is 20.6. The minimum absolute atomic E-state index is 0.0927. The highest BCUT2D eigenvalue weighted by atomic mass is 32.2. The normalized spacial score (nSPS) is 16.5. The third-order valence-electron chi connectivity index (χ3n) is 5.67. The third kappa shape index (κ3) is 6.32. The largest absolute Gasteiger partial charge is 0.490 e. The molecule has 204 valence electrons. The smallest absolute Gasteiger partial charge is 0.318 e. The first kappa shape index (κ1) is 27.5. The minimum Gasteiger partial charge on any atom is -0.490 e. The molecular formula is C24H22N4O10S. The fourth-order valence-corrected chi connectivity index (χ4v) is 4.61. The lowest BCUT2D eigenvalue weighted by atomic mass is 10.1. The van der Waals surface area contributed by atoms with Crippen LogP contribution in [0.5, 0.6) is 17.2 Å². The lowest BCUT2D eigenvalue weighted by Gasteiger charge is -2.28. The van der Waals surface area contributed by atoms with Gasteiger partial charge in [0.05, 0.1) is 40.6 Å². The van der Waals surface area contributed by atoms with Crippen LogP contribution in [0.25, 0.3) is 6.08 Å². The fraction of sp³-hybridized carbons (Fsp3) is 0.292. The molecule has 2 fully saturated rings. The van der Waals surface area contributed by atoms with Gasteiger partial charge >= 0.3 is 5.69 Å². The number of thioether (sulfide) groups is 1. The van der Waals surface area contributed by atoms with Crippen LogP contribution in [-0.4, -0.2) is 76.2 Å². The number of carbonyl (C=O) groups is 3. The van der Waals surface area contributed by atoms with Gasteiger partial charge in [0.15, 0.2) is 11.5 Å². The molecule has 0 spiro atoms. The van der Waals surface area contributed by atoms with Crippen LogP contribution >= 0.6 is 11.8 Å². The summed E-state index contributed by atoms with van der Waals surface area (Å²) in [6.45, 7) is 3.13. The quantitative estimate of drug-likeness (QED) is 0.250. The van der Waals surface area contributed by atoms with Gasteiger partial charge in [0.2, 0.25) is 11.7 Å². The average Bonchev–Trinajstić information content (AvgIpc) is 3.17. The third-order valence-corrected chi connectivity index (χ3v) is 6.57. The summed E-state index contributed by atoms with van der Waals surface area (Å²) in [5.41, 5.74) is -0.597. The van der Waals surface area contributed by atoms with E-state index in [0.29, 0.717) is 43.6 Å². The number of rotatable bonds is 9. The monoisotopic (exact) mass is 558 g/mol. The van der Waals surface area contributed by atoms with Crippen LogP contribution in [0.15, 0.2) is 41.3 Å². The van der Waals surface area contributed by atoms with Crippen molar-refractivity contribution >= 4 is 46.3 Å². The summed E-state index contributed by atoms with van der Waals surface area (Å²) in [5, 5.41) is 21.9. The van der Waals surface area contributed by atoms with E-state index in [1.54, 1.807) is 17.9 Å². The molecule has 0 aromatic heterocycles. The molecule has 14 nitrogen and oxygen atoms in total. The van der Waals surface area contributed by atoms with Crippen molar-refractivity contribution in [2.24, 2.45) is 0 Å². The Labute approximate surface area is 225 Å². The van der Waals surface area contributed by atoms with Crippen LogP contribution < -0.4 is 9.47 Å². The number of benzene rings is 2. The van der Waals surface area contributed by atoms with Crippen molar-refractivity contribution in [2.45, 2.75) is 6.92 Å². The van der Waals surface area contributed by atoms with Crippen LogP contribution in [0.3, 0.4) is 0 Å². The van der Waals surface area contributed by atoms with Crippen molar-refractivity contribution in [1.82, 2.24) is 9.80 Å². The van der Waals surface area contributed by atoms with Crippen LogP contribution in [0.1, 0.15) is 12.5 Å². The van der Waals surface area contributed by atoms with E-state index >= 15 is 0 Å². The maximum absolute atomic E-state index is 12.9. The standard InChI is InChI=1S/C24H22N4O10S/c1-2-37-20-11-15(3-5-19(20)38-18-6-4-16(27(32)33)13-17(18)28(34)35)12-21-23(30)26(24(31)39-21)14-22(29)25-7-9-36-10-8-25/h3-6,11-13H,2,7-10,14H2,1H3/b21-12+. The number of ether oxygens (including phenoxy) is 3. The molecule has 2 saturated heterocycles.